The van der Waals surface area contributed by atoms with Crippen molar-refractivity contribution >= 4 is 16.7 Å². The van der Waals surface area contributed by atoms with Gasteiger partial charge in [-0.2, -0.15) is 0 Å². The zero-order valence-electron chi connectivity index (χ0n) is 24.0. The number of Topliss-reactive ketones (excluding diaryl/α,β-unsaturated/α-hetero) is 1. The minimum Gasteiger partial charge on any atom is -0.504 e. The van der Waals surface area contributed by atoms with Gasteiger partial charge in [-0.1, -0.05) is 71.3 Å². The number of fused-ring (bicyclic) bond motifs is 1. The molecule has 6 nitrogen and oxygen atoms in total. The number of carbonyl (C=O) groups excluding carboxylic acids is 1. The molecule has 6 heteroatoms. The van der Waals surface area contributed by atoms with Gasteiger partial charge in [0, 0.05) is 36.3 Å². The molecule has 0 saturated heterocycles. The molecule has 214 valence electrons. The number of aliphatic hydroxyl groups excluding tert-OH is 1. The van der Waals surface area contributed by atoms with Crippen LogP contribution in [0.25, 0.3) is 10.9 Å². The van der Waals surface area contributed by atoms with E-state index in [9.17, 15) is 15.0 Å². The van der Waals surface area contributed by atoms with Gasteiger partial charge in [0.2, 0.25) is 0 Å². The Labute approximate surface area is 233 Å². The number of nitrogens with one attached hydrogen (secondary N) is 1. The number of aromatic amines is 1. The number of aryl methyl sites for hydroxylation is 2. The molecule has 39 heavy (non-hydrogen) atoms. The molecule has 2 aromatic heterocycles. The van der Waals surface area contributed by atoms with Gasteiger partial charge >= 0.3 is 0 Å². The molecule has 1 aliphatic carbocycles. The lowest BCUT2D eigenvalue weighted by Gasteiger charge is -2.21. The molecule has 1 saturated carbocycles. The van der Waals surface area contributed by atoms with Gasteiger partial charge in [0.15, 0.2) is 18.2 Å². The number of benzene rings is 1. The van der Waals surface area contributed by atoms with Gasteiger partial charge in [0.1, 0.15) is 5.78 Å². The van der Waals surface area contributed by atoms with Crippen LogP contribution in [-0.4, -0.2) is 31.7 Å². The second kappa shape index (κ2) is 14.6. The van der Waals surface area contributed by atoms with Gasteiger partial charge in [-0.15, -0.1) is 0 Å². The van der Waals surface area contributed by atoms with Gasteiger partial charge in [0.25, 0.3) is 0 Å². The van der Waals surface area contributed by atoms with E-state index in [1.807, 2.05) is 18.3 Å². The molecule has 0 aliphatic heterocycles. The highest BCUT2D eigenvalue weighted by atomic mass is 16.5. The maximum absolute atomic E-state index is 12.5. The quantitative estimate of drug-likeness (QED) is 0.164. The predicted molar refractivity (Wildman–Crippen MR) is 157 cm³/mol. The Morgan fingerprint density at radius 2 is 1.92 bits per heavy atom. The zero-order chi connectivity index (χ0) is 27.6. The van der Waals surface area contributed by atoms with E-state index >= 15 is 0 Å². The minimum absolute atomic E-state index is 0.0857. The van der Waals surface area contributed by atoms with Crippen molar-refractivity contribution in [2.24, 2.45) is 11.8 Å². The van der Waals surface area contributed by atoms with E-state index in [4.69, 9.17) is 4.74 Å². The summed E-state index contributed by atoms with van der Waals surface area (Å²) in [6.07, 6.45) is 17.7. The number of hydrogen-bond acceptors (Lipinski definition) is 4. The number of ketones is 1. The van der Waals surface area contributed by atoms with Crippen molar-refractivity contribution in [1.29, 1.82) is 0 Å². The number of ether oxygens (including phenoxy) is 1. The Morgan fingerprint density at radius 1 is 1.10 bits per heavy atom. The van der Waals surface area contributed by atoms with E-state index in [-0.39, 0.29) is 18.0 Å². The number of aromatic hydroxyl groups is 1. The molecular formula is C33H48N2O4. The van der Waals surface area contributed by atoms with Crippen LogP contribution in [0, 0.1) is 11.8 Å². The molecule has 0 radical (unpaired) electrons. The van der Waals surface area contributed by atoms with Crippen LogP contribution in [0.3, 0.4) is 0 Å². The van der Waals surface area contributed by atoms with Crippen molar-refractivity contribution in [1.82, 2.24) is 9.55 Å². The predicted octanol–water partition coefficient (Wildman–Crippen LogP) is 7.69. The van der Waals surface area contributed by atoms with Crippen LogP contribution in [0.1, 0.15) is 102 Å². The molecule has 1 atom stereocenters. The molecule has 0 amide bonds. The summed E-state index contributed by atoms with van der Waals surface area (Å²) in [6, 6.07) is 7.40. The summed E-state index contributed by atoms with van der Waals surface area (Å²) < 4.78 is 8.16. The number of nitrogens with zero attached hydrogens (tertiary/aromatic N) is 1. The van der Waals surface area contributed by atoms with Gasteiger partial charge in [-0.05, 0) is 61.3 Å². The summed E-state index contributed by atoms with van der Waals surface area (Å²) in [5.41, 5.74) is 3.26. The monoisotopic (exact) mass is 536 g/mol. The zero-order valence-corrected chi connectivity index (χ0v) is 24.0. The average Bonchev–Trinajstić information content (AvgIpc) is 3.50. The lowest BCUT2D eigenvalue weighted by Crippen LogP contribution is -2.14. The number of phenolic OH excluding ortho intramolecular Hbond substituents is 1. The highest BCUT2D eigenvalue weighted by Crippen LogP contribution is 2.30. The second-order valence-electron chi connectivity index (χ2n) is 12.0. The number of aromatic nitrogens is 2. The van der Waals surface area contributed by atoms with E-state index in [1.54, 1.807) is 6.07 Å². The highest BCUT2D eigenvalue weighted by Gasteiger charge is 2.16. The molecular weight excluding hydrogens is 488 g/mol. The molecule has 1 aromatic carbocycles. The molecule has 1 aliphatic rings. The van der Waals surface area contributed by atoms with Crippen molar-refractivity contribution in [3.63, 3.8) is 0 Å². The van der Waals surface area contributed by atoms with E-state index in [0.29, 0.717) is 37.7 Å². The third-order valence-corrected chi connectivity index (χ3v) is 8.34. The lowest BCUT2D eigenvalue weighted by atomic mass is 9.85. The first kappa shape index (κ1) is 29.3. The van der Waals surface area contributed by atoms with Gasteiger partial charge in [-0.25, -0.2) is 0 Å². The number of hydrogen-bond donors (Lipinski definition) is 3. The van der Waals surface area contributed by atoms with Crippen molar-refractivity contribution in [2.45, 2.75) is 117 Å². The van der Waals surface area contributed by atoms with Gasteiger partial charge < -0.3 is 24.5 Å². The molecule has 0 bridgehead atoms. The normalized spacial score (nSPS) is 15.3. The fourth-order valence-corrected chi connectivity index (χ4v) is 5.96. The number of phenols is 1. The van der Waals surface area contributed by atoms with Crippen molar-refractivity contribution < 1.29 is 19.7 Å². The third-order valence-electron chi connectivity index (χ3n) is 8.34. The Bertz CT molecular complexity index is 1170. The van der Waals surface area contributed by atoms with E-state index in [0.717, 1.165) is 42.7 Å². The van der Waals surface area contributed by atoms with Crippen LogP contribution < -0.4 is 4.74 Å². The fraction of sp³-hybridized carbons (Fsp3) is 0.606. The van der Waals surface area contributed by atoms with Crippen LogP contribution in [-0.2, 0) is 24.4 Å². The SMILES string of the molecule is CC(C)CCc1c2cc[nH]c2cn1COc1cc(CCC(=O)C[C@H](O)CCCCC2CCCCC2)ccc1O. The van der Waals surface area contributed by atoms with E-state index in [2.05, 4.69) is 35.7 Å². The molecule has 2 heterocycles. The standard InChI is InChI=1S/C33H48N2O4/c1-24(2)12-16-31-29-18-19-34-30(29)22-35(31)23-39-33-20-26(14-17-32(33)38)13-15-28(37)21-27(36)11-7-6-10-25-8-4-3-5-9-25/h14,17-20,22,24-25,27,34,36,38H,3-13,15-16,21,23H2,1-2H3/t27-/m1/s1. The molecule has 4 rings (SSSR count). The maximum atomic E-state index is 12.5. The fourth-order valence-electron chi connectivity index (χ4n) is 5.96. The Hall–Kier alpha value is -2.73. The third kappa shape index (κ3) is 8.89. The summed E-state index contributed by atoms with van der Waals surface area (Å²) in [5.74, 6) is 2.09. The molecule has 0 spiro atoms. The summed E-state index contributed by atoms with van der Waals surface area (Å²) in [6.45, 7) is 4.76. The van der Waals surface area contributed by atoms with Crippen LogP contribution in [0.15, 0.2) is 36.7 Å². The van der Waals surface area contributed by atoms with Crippen molar-refractivity contribution in [3.05, 3.63) is 47.9 Å². The van der Waals surface area contributed by atoms with E-state index in [1.165, 1.54) is 49.6 Å². The topological polar surface area (TPSA) is 87.5 Å². The van der Waals surface area contributed by atoms with Crippen molar-refractivity contribution in [2.75, 3.05) is 0 Å². The van der Waals surface area contributed by atoms with Crippen LogP contribution in [0.4, 0.5) is 0 Å². The van der Waals surface area contributed by atoms with E-state index < -0.39 is 6.10 Å². The number of H-pyrrole nitrogens is 1. The Kier molecular flexibility index (Phi) is 11.0. The molecule has 1 fully saturated rings. The maximum Gasteiger partial charge on any atom is 0.165 e. The Morgan fingerprint density at radius 3 is 2.72 bits per heavy atom. The van der Waals surface area contributed by atoms with Crippen LogP contribution >= 0.6 is 0 Å². The number of rotatable bonds is 16. The van der Waals surface area contributed by atoms with Gasteiger partial charge in [-0.3, -0.25) is 4.79 Å². The molecule has 3 aromatic rings. The summed E-state index contributed by atoms with van der Waals surface area (Å²) >= 11 is 0. The number of aliphatic hydroxyl groups is 1. The van der Waals surface area contributed by atoms with Gasteiger partial charge in [0.05, 0.1) is 11.6 Å². The number of unbranched alkanes of at least 4 members (excludes halogenated alkanes) is 1. The molecule has 0 unspecified atom stereocenters. The summed E-state index contributed by atoms with van der Waals surface area (Å²) in [4.78, 5) is 15.8. The Balaban J connectivity index is 1.22. The van der Waals surface area contributed by atoms with Crippen LogP contribution in [0.5, 0.6) is 11.5 Å². The second-order valence-corrected chi connectivity index (χ2v) is 12.0. The number of carbonyl (C=O) groups is 1. The molecule has 3 N–H and O–H groups in total. The first-order valence-electron chi connectivity index (χ1n) is 15.2. The summed E-state index contributed by atoms with van der Waals surface area (Å²) in [7, 11) is 0. The smallest absolute Gasteiger partial charge is 0.165 e. The average molecular weight is 537 g/mol. The summed E-state index contributed by atoms with van der Waals surface area (Å²) in [5, 5.41) is 22.0. The first-order valence-corrected chi connectivity index (χ1v) is 15.2. The first-order chi connectivity index (χ1) is 18.9. The van der Waals surface area contributed by atoms with Crippen molar-refractivity contribution in [3.8, 4) is 11.5 Å². The van der Waals surface area contributed by atoms with Crippen LogP contribution in [0.2, 0.25) is 0 Å². The largest absolute Gasteiger partial charge is 0.504 e. The lowest BCUT2D eigenvalue weighted by molar-refractivity contribution is -0.121. The minimum atomic E-state index is -0.542. The highest BCUT2D eigenvalue weighted by molar-refractivity contribution is 5.82.